The molecule has 1 aliphatic heterocycles. The SMILES string of the molecule is N#Cc1cnc(Nc2cc(NCC3CCCCC3)c(C(=O)Nc3ccc(OCCN4CCOCC4)cc3)cn2)cn1. The van der Waals surface area contributed by atoms with Crippen molar-refractivity contribution in [3.8, 4) is 11.8 Å². The number of rotatable bonds is 11. The number of nitrogens with one attached hydrogen (secondary N) is 3. The van der Waals surface area contributed by atoms with E-state index in [1.54, 1.807) is 6.20 Å². The van der Waals surface area contributed by atoms with E-state index in [2.05, 4.69) is 35.8 Å². The van der Waals surface area contributed by atoms with Gasteiger partial charge in [-0.3, -0.25) is 9.69 Å². The lowest BCUT2D eigenvalue weighted by molar-refractivity contribution is 0.0322. The molecule has 1 aliphatic carbocycles. The summed E-state index contributed by atoms with van der Waals surface area (Å²) in [5.41, 5.74) is 2.04. The second kappa shape index (κ2) is 14.4. The maximum Gasteiger partial charge on any atom is 0.259 e. The largest absolute Gasteiger partial charge is 0.492 e. The molecule has 3 aromatic rings. The molecule has 1 aromatic carbocycles. The number of morpholine rings is 1. The molecule has 0 radical (unpaired) electrons. The number of benzene rings is 1. The molecule has 1 saturated carbocycles. The van der Waals surface area contributed by atoms with E-state index in [0.717, 1.165) is 45.1 Å². The minimum absolute atomic E-state index is 0.234. The van der Waals surface area contributed by atoms with Crippen molar-refractivity contribution in [2.45, 2.75) is 32.1 Å². The molecule has 5 rings (SSSR count). The van der Waals surface area contributed by atoms with Crippen LogP contribution in [0, 0.1) is 17.2 Å². The average molecular weight is 557 g/mol. The third kappa shape index (κ3) is 8.36. The van der Waals surface area contributed by atoms with Crippen LogP contribution in [0.3, 0.4) is 0 Å². The van der Waals surface area contributed by atoms with E-state index in [1.165, 1.54) is 44.5 Å². The molecule has 2 aliphatic rings. The Hall–Kier alpha value is -4.27. The van der Waals surface area contributed by atoms with E-state index in [4.69, 9.17) is 14.7 Å². The van der Waals surface area contributed by atoms with Gasteiger partial charge in [0.05, 0.1) is 36.9 Å². The first kappa shape index (κ1) is 28.3. The zero-order valence-corrected chi connectivity index (χ0v) is 23.1. The highest BCUT2D eigenvalue weighted by Gasteiger charge is 2.18. The molecule has 1 amide bonds. The second-order valence-corrected chi connectivity index (χ2v) is 10.3. The Morgan fingerprint density at radius 3 is 2.54 bits per heavy atom. The standard InChI is InChI=1S/C30H36N8O3/c31-17-24-19-34-29(21-32-24)37-28-16-27(33-18-22-4-2-1-3-5-22)26(20-35-28)30(39)36-23-6-8-25(9-7-23)41-15-12-38-10-13-40-14-11-38/h6-9,16,19-22H,1-5,10-15,18H2,(H,36,39)(H2,33,34,35,37). The van der Waals surface area contributed by atoms with Gasteiger partial charge in [-0.2, -0.15) is 5.26 Å². The summed E-state index contributed by atoms with van der Waals surface area (Å²) >= 11 is 0. The number of carbonyl (C=O) groups is 1. The van der Waals surface area contributed by atoms with Crippen molar-refractivity contribution in [2.24, 2.45) is 5.92 Å². The van der Waals surface area contributed by atoms with Gasteiger partial charge in [0.25, 0.3) is 5.91 Å². The predicted molar refractivity (Wildman–Crippen MR) is 156 cm³/mol. The first-order valence-corrected chi connectivity index (χ1v) is 14.2. The van der Waals surface area contributed by atoms with Crippen molar-refractivity contribution >= 4 is 28.9 Å². The summed E-state index contributed by atoms with van der Waals surface area (Å²) in [5, 5.41) is 18.5. The summed E-state index contributed by atoms with van der Waals surface area (Å²) in [7, 11) is 0. The van der Waals surface area contributed by atoms with E-state index < -0.39 is 0 Å². The molecule has 2 fully saturated rings. The molecule has 0 atom stereocenters. The van der Waals surface area contributed by atoms with Gasteiger partial charge in [0.2, 0.25) is 0 Å². The number of nitrogens with zero attached hydrogens (tertiary/aromatic N) is 5. The number of pyridine rings is 1. The van der Waals surface area contributed by atoms with Crippen LogP contribution in [0.5, 0.6) is 5.75 Å². The Morgan fingerprint density at radius 2 is 1.80 bits per heavy atom. The van der Waals surface area contributed by atoms with Crippen molar-refractivity contribution in [1.29, 1.82) is 5.26 Å². The lowest BCUT2D eigenvalue weighted by Crippen LogP contribution is -2.38. The van der Waals surface area contributed by atoms with Crippen molar-refractivity contribution in [3.05, 3.63) is 60.2 Å². The average Bonchev–Trinajstić information content (AvgIpc) is 3.02. The number of nitriles is 1. The van der Waals surface area contributed by atoms with Crippen LogP contribution in [-0.4, -0.2) is 71.8 Å². The number of carbonyl (C=O) groups excluding carboxylic acids is 1. The van der Waals surface area contributed by atoms with E-state index in [1.807, 2.05) is 36.4 Å². The van der Waals surface area contributed by atoms with Gasteiger partial charge >= 0.3 is 0 Å². The minimum Gasteiger partial charge on any atom is -0.492 e. The summed E-state index contributed by atoms with van der Waals surface area (Å²) in [6, 6.07) is 11.2. The van der Waals surface area contributed by atoms with Gasteiger partial charge in [-0.15, -0.1) is 0 Å². The molecular formula is C30H36N8O3. The van der Waals surface area contributed by atoms with Crippen molar-refractivity contribution in [3.63, 3.8) is 0 Å². The molecule has 0 bridgehead atoms. The van der Waals surface area contributed by atoms with Crippen molar-refractivity contribution < 1.29 is 14.3 Å². The molecule has 214 valence electrons. The van der Waals surface area contributed by atoms with Crippen molar-refractivity contribution in [1.82, 2.24) is 19.9 Å². The van der Waals surface area contributed by atoms with Gasteiger partial charge in [-0.05, 0) is 43.0 Å². The molecule has 1 saturated heterocycles. The highest BCUT2D eigenvalue weighted by molar-refractivity contribution is 6.08. The number of ether oxygens (including phenoxy) is 2. The number of aromatic nitrogens is 3. The van der Waals surface area contributed by atoms with Crippen molar-refractivity contribution in [2.75, 3.05) is 62.0 Å². The Morgan fingerprint density at radius 1 is 1.02 bits per heavy atom. The fourth-order valence-corrected chi connectivity index (χ4v) is 5.03. The summed E-state index contributed by atoms with van der Waals surface area (Å²) in [6.07, 6.45) is 10.6. The molecule has 11 heteroatoms. The Bertz CT molecular complexity index is 1320. The second-order valence-electron chi connectivity index (χ2n) is 10.3. The van der Waals surface area contributed by atoms with Gasteiger partial charge in [0.1, 0.15) is 30.1 Å². The Kier molecular flexibility index (Phi) is 9.92. The fourth-order valence-electron chi connectivity index (χ4n) is 5.03. The first-order valence-electron chi connectivity index (χ1n) is 14.2. The van der Waals surface area contributed by atoms with Crippen LogP contribution in [0.25, 0.3) is 0 Å². The Labute approximate surface area is 240 Å². The maximum atomic E-state index is 13.3. The van der Waals surface area contributed by atoms with Gasteiger partial charge in [-0.25, -0.2) is 15.0 Å². The number of anilines is 4. The summed E-state index contributed by atoms with van der Waals surface area (Å²) in [5.74, 6) is 2.05. The molecule has 0 spiro atoms. The zero-order valence-electron chi connectivity index (χ0n) is 23.1. The third-order valence-corrected chi connectivity index (χ3v) is 7.37. The third-order valence-electron chi connectivity index (χ3n) is 7.37. The minimum atomic E-state index is -0.255. The highest BCUT2D eigenvalue weighted by Crippen LogP contribution is 2.27. The topological polar surface area (TPSA) is 137 Å². The maximum absolute atomic E-state index is 13.3. The molecule has 2 aromatic heterocycles. The number of amides is 1. The number of hydrogen-bond acceptors (Lipinski definition) is 10. The zero-order chi connectivity index (χ0) is 28.3. The van der Waals surface area contributed by atoms with Crippen LogP contribution in [0.1, 0.15) is 48.2 Å². The Balaban J connectivity index is 1.23. The molecule has 3 heterocycles. The van der Waals surface area contributed by atoms with E-state index in [-0.39, 0.29) is 11.6 Å². The summed E-state index contributed by atoms with van der Waals surface area (Å²) < 4.78 is 11.3. The van der Waals surface area contributed by atoms with Gasteiger partial charge in [0, 0.05) is 44.1 Å². The van der Waals surface area contributed by atoms with E-state index in [9.17, 15) is 4.79 Å². The molecule has 11 nitrogen and oxygen atoms in total. The lowest BCUT2D eigenvalue weighted by atomic mass is 9.89. The van der Waals surface area contributed by atoms with Gasteiger partial charge in [0.15, 0.2) is 5.69 Å². The van der Waals surface area contributed by atoms with Crippen LogP contribution in [-0.2, 0) is 4.74 Å². The van der Waals surface area contributed by atoms with E-state index >= 15 is 0 Å². The summed E-state index contributed by atoms with van der Waals surface area (Å²) in [4.78, 5) is 28.4. The molecular weight excluding hydrogens is 520 g/mol. The van der Waals surface area contributed by atoms with Crippen LogP contribution in [0.15, 0.2) is 48.9 Å². The van der Waals surface area contributed by atoms with Crippen LogP contribution in [0.2, 0.25) is 0 Å². The van der Waals surface area contributed by atoms with Crippen LogP contribution in [0.4, 0.5) is 23.0 Å². The molecule has 0 unspecified atom stereocenters. The molecule has 3 N–H and O–H groups in total. The van der Waals surface area contributed by atoms with Gasteiger partial charge < -0.3 is 25.4 Å². The fraction of sp³-hybridized carbons (Fsp3) is 0.433. The van der Waals surface area contributed by atoms with Crippen LogP contribution < -0.4 is 20.7 Å². The number of hydrogen-bond donors (Lipinski definition) is 3. The highest BCUT2D eigenvalue weighted by atomic mass is 16.5. The smallest absolute Gasteiger partial charge is 0.259 e. The predicted octanol–water partition coefficient (Wildman–Crippen LogP) is 4.44. The quantitative estimate of drug-likeness (QED) is 0.311. The van der Waals surface area contributed by atoms with E-state index in [0.29, 0.717) is 41.1 Å². The first-order chi connectivity index (χ1) is 20.2. The monoisotopic (exact) mass is 556 g/mol. The normalized spacial score (nSPS) is 16.0. The van der Waals surface area contributed by atoms with Crippen LogP contribution >= 0.6 is 0 Å². The summed E-state index contributed by atoms with van der Waals surface area (Å²) in [6.45, 7) is 5.65. The van der Waals surface area contributed by atoms with Gasteiger partial charge in [-0.1, -0.05) is 19.3 Å². The molecule has 41 heavy (non-hydrogen) atoms. The lowest BCUT2D eigenvalue weighted by Gasteiger charge is -2.26.